The molecule has 1 atom stereocenters. The first-order chi connectivity index (χ1) is 9.53. The number of rotatable bonds is 5. The zero-order valence-corrected chi connectivity index (χ0v) is 14.1. The Bertz CT molecular complexity index is 548. The molecule has 3 N–H and O–H groups in total. The van der Waals surface area contributed by atoms with E-state index in [1.54, 1.807) is 0 Å². The standard InChI is InChI=1S/C13H20ClN3O2S.ClH/c14-11-6-12(9-16-8-11)20(18,19)17-13(7-15)10-4-2-1-3-5-10;/h6,8-10,13,17H,1-5,7,15H2;1H. The fourth-order valence-electron chi connectivity index (χ4n) is 2.68. The second-order valence-corrected chi connectivity index (χ2v) is 7.35. The summed E-state index contributed by atoms with van der Waals surface area (Å²) in [4.78, 5) is 3.90. The lowest BCUT2D eigenvalue weighted by Crippen LogP contribution is -2.45. The molecule has 8 heteroatoms. The van der Waals surface area contributed by atoms with Gasteiger partial charge in [0.1, 0.15) is 4.90 Å². The average Bonchev–Trinajstić information content (AvgIpc) is 2.46. The van der Waals surface area contributed by atoms with Crippen molar-refractivity contribution in [3.8, 4) is 0 Å². The van der Waals surface area contributed by atoms with Crippen LogP contribution < -0.4 is 10.5 Å². The fraction of sp³-hybridized carbons (Fsp3) is 0.615. The average molecular weight is 354 g/mol. The summed E-state index contributed by atoms with van der Waals surface area (Å²) in [6.07, 6.45) is 8.25. The van der Waals surface area contributed by atoms with Gasteiger partial charge in [-0.1, -0.05) is 30.9 Å². The molecule has 21 heavy (non-hydrogen) atoms. The van der Waals surface area contributed by atoms with Crippen LogP contribution in [0.1, 0.15) is 32.1 Å². The Kier molecular flexibility index (Phi) is 7.36. The Morgan fingerprint density at radius 2 is 2.00 bits per heavy atom. The third kappa shape index (κ3) is 5.07. The van der Waals surface area contributed by atoms with E-state index in [1.807, 2.05) is 0 Å². The molecule has 1 unspecified atom stereocenters. The molecule has 1 aromatic heterocycles. The van der Waals surface area contributed by atoms with Gasteiger partial charge >= 0.3 is 0 Å². The monoisotopic (exact) mass is 353 g/mol. The molecule has 2 rings (SSSR count). The molecular weight excluding hydrogens is 333 g/mol. The SMILES string of the molecule is Cl.NCC(NS(=O)(=O)c1cncc(Cl)c1)C1CCCCC1. The van der Waals surface area contributed by atoms with Gasteiger partial charge in [-0.05, 0) is 24.8 Å². The lowest BCUT2D eigenvalue weighted by atomic mass is 9.84. The molecule has 120 valence electrons. The van der Waals surface area contributed by atoms with E-state index >= 15 is 0 Å². The molecule has 5 nitrogen and oxygen atoms in total. The fourth-order valence-corrected chi connectivity index (χ4v) is 4.22. The Labute approximate surface area is 137 Å². The van der Waals surface area contributed by atoms with Crippen LogP contribution in [-0.4, -0.2) is 26.0 Å². The molecule has 0 amide bonds. The number of nitrogens with zero attached hydrogens (tertiary/aromatic N) is 1. The number of nitrogens with one attached hydrogen (secondary N) is 1. The van der Waals surface area contributed by atoms with Crippen molar-refractivity contribution in [3.05, 3.63) is 23.5 Å². The van der Waals surface area contributed by atoms with E-state index in [0.717, 1.165) is 25.7 Å². The molecule has 1 saturated carbocycles. The highest BCUT2D eigenvalue weighted by Gasteiger charge is 2.27. The molecule has 1 aromatic rings. The van der Waals surface area contributed by atoms with Gasteiger partial charge in [-0.3, -0.25) is 4.98 Å². The number of hydrogen-bond acceptors (Lipinski definition) is 4. The lowest BCUT2D eigenvalue weighted by molar-refractivity contribution is 0.294. The van der Waals surface area contributed by atoms with Gasteiger partial charge in [-0.25, -0.2) is 13.1 Å². The Morgan fingerprint density at radius 3 is 2.57 bits per heavy atom. The minimum atomic E-state index is -3.62. The van der Waals surface area contributed by atoms with E-state index in [2.05, 4.69) is 9.71 Å². The molecule has 1 aliphatic carbocycles. The van der Waals surface area contributed by atoms with E-state index in [1.165, 1.54) is 24.9 Å². The Morgan fingerprint density at radius 1 is 1.33 bits per heavy atom. The molecule has 0 aliphatic heterocycles. The van der Waals surface area contributed by atoms with Crippen LogP contribution in [0, 0.1) is 5.92 Å². The van der Waals surface area contributed by atoms with Gasteiger partial charge in [-0.2, -0.15) is 0 Å². The van der Waals surface area contributed by atoms with Gasteiger partial charge in [0, 0.05) is 25.0 Å². The molecule has 0 spiro atoms. The van der Waals surface area contributed by atoms with Crippen LogP contribution in [0.3, 0.4) is 0 Å². The summed E-state index contributed by atoms with van der Waals surface area (Å²) >= 11 is 5.79. The van der Waals surface area contributed by atoms with Gasteiger partial charge in [0.05, 0.1) is 5.02 Å². The molecule has 1 heterocycles. The highest BCUT2D eigenvalue weighted by molar-refractivity contribution is 7.89. The molecule has 1 fully saturated rings. The third-order valence-electron chi connectivity index (χ3n) is 3.77. The summed E-state index contributed by atoms with van der Waals surface area (Å²) in [6, 6.07) is 1.17. The summed E-state index contributed by atoms with van der Waals surface area (Å²) in [5, 5.41) is 0.301. The van der Waals surface area contributed by atoms with Crippen molar-refractivity contribution in [2.75, 3.05) is 6.54 Å². The molecule has 0 radical (unpaired) electrons. The molecule has 1 aliphatic rings. The maximum absolute atomic E-state index is 12.3. The van der Waals surface area contributed by atoms with Crippen LogP contribution in [0.2, 0.25) is 5.02 Å². The zero-order chi connectivity index (χ0) is 14.6. The number of aromatic nitrogens is 1. The summed E-state index contributed by atoms with van der Waals surface area (Å²) in [5.74, 6) is 0.315. The Hall–Kier alpha value is -0.400. The van der Waals surface area contributed by atoms with Crippen LogP contribution in [0.4, 0.5) is 0 Å². The minimum absolute atomic E-state index is 0. The number of halogens is 2. The van der Waals surface area contributed by atoms with E-state index in [0.29, 0.717) is 17.5 Å². The van der Waals surface area contributed by atoms with Crippen LogP contribution in [0.15, 0.2) is 23.4 Å². The third-order valence-corrected chi connectivity index (χ3v) is 5.43. The second kappa shape index (κ2) is 8.29. The van der Waals surface area contributed by atoms with Crippen molar-refractivity contribution in [1.82, 2.24) is 9.71 Å². The molecule has 0 saturated heterocycles. The summed E-state index contributed by atoms with van der Waals surface area (Å²) in [7, 11) is -3.62. The number of pyridine rings is 1. The van der Waals surface area contributed by atoms with Crippen molar-refractivity contribution in [2.45, 2.75) is 43.0 Å². The largest absolute Gasteiger partial charge is 0.329 e. The highest BCUT2D eigenvalue weighted by Crippen LogP contribution is 2.27. The maximum atomic E-state index is 12.3. The van der Waals surface area contributed by atoms with Gasteiger partial charge in [0.2, 0.25) is 10.0 Å². The van der Waals surface area contributed by atoms with Crippen molar-refractivity contribution in [3.63, 3.8) is 0 Å². The molecular formula is C13H21Cl2N3O2S. The zero-order valence-electron chi connectivity index (χ0n) is 11.7. The van der Waals surface area contributed by atoms with Gasteiger partial charge in [0.15, 0.2) is 0 Å². The van der Waals surface area contributed by atoms with Gasteiger partial charge < -0.3 is 5.73 Å². The number of hydrogen-bond donors (Lipinski definition) is 2. The van der Waals surface area contributed by atoms with E-state index in [9.17, 15) is 8.42 Å². The van der Waals surface area contributed by atoms with Gasteiger partial charge in [-0.15, -0.1) is 12.4 Å². The first-order valence-corrected chi connectivity index (χ1v) is 8.72. The quantitative estimate of drug-likeness (QED) is 0.850. The summed E-state index contributed by atoms with van der Waals surface area (Å²) in [6.45, 7) is 0.303. The van der Waals surface area contributed by atoms with Crippen molar-refractivity contribution in [1.29, 1.82) is 0 Å². The predicted molar refractivity (Wildman–Crippen MR) is 86.2 cm³/mol. The van der Waals surface area contributed by atoms with E-state index in [-0.39, 0.29) is 23.3 Å². The van der Waals surface area contributed by atoms with Gasteiger partial charge in [0.25, 0.3) is 0 Å². The smallest absolute Gasteiger partial charge is 0.242 e. The Balaban J connectivity index is 0.00000220. The lowest BCUT2D eigenvalue weighted by Gasteiger charge is -2.29. The number of sulfonamides is 1. The van der Waals surface area contributed by atoms with Crippen LogP contribution in [0.25, 0.3) is 0 Å². The minimum Gasteiger partial charge on any atom is -0.329 e. The number of nitrogens with two attached hydrogens (primary N) is 1. The molecule has 0 aromatic carbocycles. The highest BCUT2D eigenvalue weighted by atomic mass is 35.5. The van der Waals surface area contributed by atoms with Crippen molar-refractivity contribution in [2.24, 2.45) is 11.7 Å². The van der Waals surface area contributed by atoms with E-state index < -0.39 is 10.0 Å². The first-order valence-electron chi connectivity index (χ1n) is 6.86. The van der Waals surface area contributed by atoms with Crippen molar-refractivity contribution >= 4 is 34.0 Å². The summed E-state index contributed by atoms with van der Waals surface area (Å²) < 4.78 is 27.4. The predicted octanol–water partition coefficient (Wildman–Crippen LogP) is 2.34. The van der Waals surface area contributed by atoms with Crippen LogP contribution in [0.5, 0.6) is 0 Å². The summed E-state index contributed by atoms with van der Waals surface area (Å²) in [5.41, 5.74) is 5.75. The van der Waals surface area contributed by atoms with Crippen LogP contribution >= 0.6 is 24.0 Å². The van der Waals surface area contributed by atoms with Crippen LogP contribution in [-0.2, 0) is 10.0 Å². The van der Waals surface area contributed by atoms with Crippen molar-refractivity contribution < 1.29 is 8.42 Å². The first kappa shape index (κ1) is 18.6. The topological polar surface area (TPSA) is 85.1 Å². The normalized spacial score (nSPS) is 18.0. The molecule has 0 bridgehead atoms. The van der Waals surface area contributed by atoms with E-state index in [4.69, 9.17) is 17.3 Å². The maximum Gasteiger partial charge on any atom is 0.242 e. The second-order valence-electron chi connectivity index (χ2n) is 5.20.